The minimum atomic E-state index is -1.34. The van der Waals surface area contributed by atoms with Crippen LogP contribution in [0.4, 0.5) is 0 Å². The molecule has 6 radical (unpaired) electrons. The molecule has 1 aliphatic rings. The van der Waals surface area contributed by atoms with Gasteiger partial charge in [-0.05, 0) is 0 Å². The maximum atomic E-state index is 10.1. The SMILES string of the molecule is O=[CH][Mn]([Cl])[C]1=CC=CC1.[C]=O.[C]=O.[C]=O. The summed E-state index contributed by atoms with van der Waals surface area (Å²) in [6.45, 7) is 13.5. The second-order valence-corrected chi connectivity index (χ2v) is 4.72. The van der Waals surface area contributed by atoms with Gasteiger partial charge in [-0.25, -0.2) is 0 Å². The molecule has 0 saturated carbocycles. The zero-order chi connectivity index (χ0) is 12.7. The quantitative estimate of drug-likeness (QED) is 0.543. The molecule has 0 aliphatic heterocycles. The monoisotopic (exact) mass is 268 g/mol. The molecule has 80 valence electrons. The molecule has 0 bridgehead atoms. The van der Waals surface area contributed by atoms with Crippen molar-refractivity contribution in [3.63, 3.8) is 0 Å². The predicted molar refractivity (Wildman–Crippen MR) is 51.5 cm³/mol. The first-order valence-corrected chi connectivity index (χ1v) is 6.01. The van der Waals surface area contributed by atoms with Crippen LogP contribution in [0.15, 0.2) is 22.7 Å². The van der Waals surface area contributed by atoms with Crippen molar-refractivity contribution in [3.8, 4) is 0 Å². The number of carbonyl (C=O) groups is 1. The van der Waals surface area contributed by atoms with E-state index >= 15 is 0 Å². The zero-order valence-corrected chi connectivity index (χ0v) is 9.34. The van der Waals surface area contributed by atoms with Gasteiger partial charge in [0.1, 0.15) is 0 Å². The second kappa shape index (κ2) is 18.7. The van der Waals surface area contributed by atoms with Crippen molar-refractivity contribution in [1.82, 2.24) is 0 Å². The van der Waals surface area contributed by atoms with Crippen molar-refractivity contribution in [2.75, 3.05) is 0 Å². The fourth-order valence-corrected chi connectivity index (χ4v) is 1.90. The van der Waals surface area contributed by atoms with E-state index in [1.54, 1.807) is 0 Å². The molecule has 0 heterocycles. The third kappa shape index (κ3) is 10.9. The average Bonchev–Trinajstić information content (AvgIpc) is 2.89. The van der Waals surface area contributed by atoms with Gasteiger partial charge in [-0.3, -0.25) is 14.4 Å². The van der Waals surface area contributed by atoms with Crippen molar-refractivity contribution in [3.05, 3.63) is 22.7 Å². The van der Waals surface area contributed by atoms with Gasteiger partial charge < -0.3 is 0 Å². The summed E-state index contributed by atoms with van der Waals surface area (Å²) in [7, 11) is 5.70. The van der Waals surface area contributed by atoms with Gasteiger partial charge in [-0.15, -0.1) is 0 Å². The molecule has 0 aromatic heterocycles. The maximum Gasteiger partial charge on any atom is 0.281 e. The van der Waals surface area contributed by atoms with Crippen molar-refractivity contribution < 1.29 is 32.2 Å². The summed E-state index contributed by atoms with van der Waals surface area (Å²) in [5.41, 5.74) is 0. The van der Waals surface area contributed by atoms with Crippen LogP contribution in [0.5, 0.6) is 0 Å². The maximum absolute atomic E-state index is 10.1. The molecule has 0 unspecified atom stereocenters. The summed E-state index contributed by atoms with van der Waals surface area (Å²) in [4.78, 5) is 32.6. The Morgan fingerprint density at radius 3 is 1.93 bits per heavy atom. The van der Waals surface area contributed by atoms with E-state index in [-0.39, 0.29) is 0 Å². The van der Waals surface area contributed by atoms with Crippen molar-refractivity contribution in [1.29, 1.82) is 0 Å². The second-order valence-electron chi connectivity index (χ2n) is 1.60. The van der Waals surface area contributed by atoms with E-state index < -0.39 is 13.0 Å². The molecule has 0 N–H and O–H groups in total. The fourth-order valence-electron chi connectivity index (χ4n) is 0.612. The van der Waals surface area contributed by atoms with E-state index in [4.69, 9.17) is 24.5 Å². The van der Waals surface area contributed by atoms with Crippen LogP contribution in [0.2, 0.25) is 0 Å². The number of halogens is 1. The number of hydrogen-bond donors (Lipinski definition) is 0. The first-order valence-electron chi connectivity index (χ1n) is 3.12. The molecular weight excluding hydrogens is 262 g/mol. The normalized spacial score (nSPS) is 11.3. The minimum Gasteiger partial charge on any atom is -0.281 e. The van der Waals surface area contributed by atoms with Crippen LogP contribution in [-0.4, -0.2) is 25.6 Å². The Bertz CT molecular complexity index is 213. The third-order valence-electron chi connectivity index (χ3n) is 1.04. The fraction of sp³-hybridized carbons (Fsp3) is 0.111. The largest absolute Gasteiger partial charge is 0.281 e. The Labute approximate surface area is 97.1 Å². The number of carbonyl (C=O) groups excluding carboxylic acids is 4. The van der Waals surface area contributed by atoms with Crippen molar-refractivity contribution >= 4 is 35.6 Å². The van der Waals surface area contributed by atoms with Crippen LogP contribution >= 0.6 is 10.1 Å². The van der Waals surface area contributed by atoms with Crippen LogP contribution in [-0.2, 0) is 32.2 Å². The van der Waals surface area contributed by atoms with E-state index in [0.29, 0.717) is 0 Å². The van der Waals surface area contributed by atoms with Gasteiger partial charge in [0.25, 0.3) is 20.4 Å². The van der Waals surface area contributed by atoms with Crippen LogP contribution in [0.3, 0.4) is 0 Å². The van der Waals surface area contributed by atoms with Gasteiger partial charge in [-0.2, -0.15) is 0 Å². The molecule has 0 aromatic carbocycles. The smallest absolute Gasteiger partial charge is 0.281 e. The summed E-state index contributed by atoms with van der Waals surface area (Å²) in [5, 5.41) is 0.855. The Morgan fingerprint density at radius 2 is 1.67 bits per heavy atom. The summed E-state index contributed by atoms with van der Waals surface area (Å²) >= 11 is -1.34. The topological polar surface area (TPSA) is 68.3 Å². The molecule has 4 nitrogen and oxygen atoms in total. The van der Waals surface area contributed by atoms with Crippen LogP contribution in [0, 0.1) is 0 Å². The molecule has 0 spiro atoms. The van der Waals surface area contributed by atoms with Gasteiger partial charge in [-0.1, -0.05) is 0 Å². The number of hydrogen-bond acceptors (Lipinski definition) is 4. The predicted octanol–water partition coefficient (Wildman–Crippen LogP) is 0.601. The Hall–Kier alpha value is -1.03. The summed E-state index contributed by atoms with van der Waals surface area (Å²) in [5.74, 6) is 0. The van der Waals surface area contributed by atoms with Crippen molar-refractivity contribution in [2.45, 2.75) is 6.42 Å². The van der Waals surface area contributed by atoms with Gasteiger partial charge in [0.15, 0.2) is 0 Å². The van der Waals surface area contributed by atoms with Crippen LogP contribution in [0.25, 0.3) is 0 Å². The molecule has 0 saturated heterocycles. The number of rotatable bonds is 2. The Morgan fingerprint density at radius 1 is 1.20 bits per heavy atom. The molecule has 0 amide bonds. The van der Waals surface area contributed by atoms with E-state index in [1.165, 1.54) is 0 Å². The summed E-state index contributed by atoms with van der Waals surface area (Å²) < 4.78 is 1.10. The van der Waals surface area contributed by atoms with Gasteiger partial charge in [0.05, 0.1) is 0 Å². The first-order chi connectivity index (χ1) is 7.34. The Kier molecular flexibility index (Phi) is 24.3. The van der Waals surface area contributed by atoms with Crippen LogP contribution < -0.4 is 0 Å². The van der Waals surface area contributed by atoms with Gasteiger partial charge >= 0.3 is 62.2 Å². The zero-order valence-electron chi connectivity index (χ0n) is 7.41. The third-order valence-corrected chi connectivity index (χ3v) is 3.48. The molecule has 0 fully saturated rings. The van der Waals surface area contributed by atoms with E-state index in [2.05, 4.69) is 20.4 Å². The van der Waals surface area contributed by atoms with Crippen LogP contribution in [0.1, 0.15) is 6.42 Å². The van der Waals surface area contributed by atoms with E-state index in [1.807, 2.05) is 18.2 Å². The number of allylic oxidation sites excluding steroid dienone is 4. The minimum absolute atomic E-state index is 0.855. The molecule has 1 aliphatic carbocycles. The molecule has 0 atom stereocenters. The Balaban J connectivity index is -0.000000208. The van der Waals surface area contributed by atoms with Gasteiger partial charge in [0, 0.05) is 0 Å². The molecule has 0 aromatic rings. The standard InChI is InChI=1S/C5H5.CHO.3CO.ClH.Mn/c1-2-4-5-3-1;4*1-2;;/h1-3H,4H2;1H;;;;1H;/q;;;;;;+1/p-1. The molecule has 15 heavy (non-hydrogen) atoms. The van der Waals surface area contributed by atoms with Gasteiger partial charge in [0.2, 0.25) is 0 Å². The van der Waals surface area contributed by atoms with Crippen molar-refractivity contribution in [2.24, 2.45) is 0 Å². The average molecular weight is 269 g/mol. The van der Waals surface area contributed by atoms with E-state index in [0.717, 1.165) is 16.1 Å². The molecule has 6 heteroatoms. The molecular formula is C9H6ClMnO4. The summed E-state index contributed by atoms with van der Waals surface area (Å²) in [6.07, 6.45) is 6.74. The summed E-state index contributed by atoms with van der Waals surface area (Å²) in [6, 6.07) is 0. The molecule has 1 rings (SSSR count). The van der Waals surface area contributed by atoms with E-state index in [9.17, 15) is 4.79 Å². The first kappa shape index (κ1) is 19.5.